The molecule has 3 rings (SSSR count). The van der Waals surface area contributed by atoms with Crippen molar-refractivity contribution in [2.75, 3.05) is 5.73 Å². The van der Waals surface area contributed by atoms with Gasteiger partial charge in [0.2, 0.25) is 0 Å². The summed E-state index contributed by atoms with van der Waals surface area (Å²) in [6.07, 6.45) is 1.52. The summed E-state index contributed by atoms with van der Waals surface area (Å²) in [5.41, 5.74) is 12.0. The van der Waals surface area contributed by atoms with E-state index >= 15 is 0 Å². The Balaban J connectivity index is 2.13. The molecule has 2 heterocycles. The third kappa shape index (κ3) is 1.89. The minimum absolute atomic E-state index is 0.0509. The average Bonchev–Trinajstić information content (AvgIpc) is 2.80. The van der Waals surface area contributed by atoms with Crippen molar-refractivity contribution in [1.29, 1.82) is 0 Å². The summed E-state index contributed by atoms with van der Waals surface area (Å²) in [6.45, 7) is 0. The number of primary amides is 1. The lowest BCUT2D eigenvalue weighted by Gasteiger charge is -2.02. The predicted molar refractivity (Wildman–Crippen MR) is 71.8 cm³/mol. The van der Waals surface area contributed by atoms with E-state index in [-0.39, 0.29) is 11.4 Å². The number of carbonyl (C=O) groups is 1. The van der Waals surface area contributed by atoms with E-state index in [4.69, 9.17) is 11.5 Å². The van der Waals surface area contributed by atoms with Crippen molar-refractivity contribution < 1.29 is 4.79 Å². The van der Waals surface area contributed by atoms with Crippen LogP contribution in [0.15, 0.2) is 42.6 Å². The van der Waals surface area contributed by atoms with E-state index < -0.39 is 5.91 Å². The number of nitrogen functional groups attached to an aromatic ring is 1. The van der Waals surface area contributed by atoms with Gasteiger partial charge in [0.1, 0.15) is 0 Å². The van der Waals surface area contributed by atoms with E-state index in [9.17, 15) is 4.79 Å². The van der Waals surface area contributed by atoms with Crippen LogP contribution in [0.5, 0.6) is 0 Å². The first-order chi connectivity index (χ1) is 9.15. The lowest BCUT2D eigenvalue weighted by molar-refractivity contribution is 0.0996. The van der Waals surface area contributed by atoms with Crippen molar-refractivity contribution in [2.24, 2.45) is 5.73 Å². The van der Waals surface area contributed by atoms with Gasteiger partial charge in [0.15, 0.2) is 11.5 Å². The van der Waals surface area contributed by atoms with Gasteiger partial charge in [-0.05, 0) is 18.2 Å². The molecule has 0 saturated carbocycles. The van der Waals surface area contributed by atoms with E-state index in [1.165, 1.54) is 10.9 Å². The fourth-order valence-electron chi connectivity index (χ4n) is 1.88. The summed E-state index contributed by atoms with van der Waals surface area (Å²) in [5, 5.41) is 5.07. The van der Waals surface area contributed by atoms with Crippen LogP contribution in [0.4, 0.5) is 5.69 Å². The number of anilines is 1. The topological polar surface area (TPSA) is 99.8 Å². The molecule has 0 saturated heterocycles. The normalized spacial score (nSPS) is 10.7. The van der Waals surface area contributed by atoms with Gasteiger partial charge in [-0.3, -0.25) is 4.79 Å². The number of nitrogens with zero attached hydrogens (tertiary/aromatic N) is 3. The number of rotatable bonds is 2. The van der Waals surface area contributed by atoms with Gasteiger partial charge in [-0.25, -0.2) is 9.67 Å². The van der Waals surface area contributed by atoms with Gasteiger partial charge in [0, 0.05) is 5.39 Å². The van der Waals surface area contributed by atoms with Crippen LogP contribution in [0.2, 0.25) is 0 Å². The van der Waals surface area contributed by atoms with E-state index in [0.717, 1.165) is 10.9 Å². The van der Waals surface area contributed by atoms with Gasteiger partial charge in [-0.2, -0.15) is 5.10 Å². The number of hydrogen-bond donors (Lipinski definition) is 2. The molecule has 1 aromatic carbocycles. The summed E-state index contributed by atoms with van der Waals surface area (Å²) in [4.78, 5) is 15.6. The van der Waals surface area contributed by atoms with E-state index in [0.29, 0.717) is 5.82 Å². The number of pyridine rings is 1. The van der Waals surface area contributed by atoms with E-state index in [2.05, 4.69) is 10.1 Å². The highest BCUT2D eigenvalue weighted by Crippen LogP contribution is 2.16. The molecular weight excluding hydrogens is 242 g/mol. The zero-order chi connectivity index (χ0) is 13.4. The summed E-state index contributed by atoms with van der Waals surface area (Å²) in [5.74, 6) is -0.0741. The lowest BCUT2D eigenvalue weighted by atomic mass is 10.2. The highest BCUT2D eigenvalue weighted by molar-refractivity contribution is 5.95. The second-order valence-electron chi connectivity index (χ2n) is 4.10. The zero-order valence-electron chi connectivity index (χ0n) is 9.95. The van der Waals surface area contributed by atoms with Gasteiger partial charge < -0.3 is 11.5 Å². The molecule has 0 aliphatic rings. The van der Waals surface area contributed by atoms with Crippen LogP contribution in [0.25, 0.3) is 16.7 Å². The van der Waals surface area contributed by atoms with Crippen molar-refractivity contribution in [3.05, 3.63) is 48.3 Å². The minimum Gasteiger partial charge on any atom is -0.396 e. The van der Waals surface area contributed by atoms with E-state index in [1.807, 2.05) is 30.3 Å². The number of amides is 1. The van der Waals surface area contributed by atoms with Crippen molar-refractivity contribution in [3.8, 4) is 5.82 Å². The average molecular weight is 253 g/mol. The fraction of sp³-hybridized carbons (Fsp3) is 0. The Morgan fingerprint density at radius 1 is 1.16 bits per heavy atom. The molecule has 0 aliphatic carbocycles. The molecule has 0 unspecified atom stereocenters. The second kappa shape index (κ2) is 4.09. The molecular formula is C13H11N5O. The Bertz CT molecular complexity index is 778. The van der Waals surface area contributed by atoms with Crippen LogP contribution >= 0.6 is 0 Å². The molecule has 0 aliphatic heterocycles. The predicted octanol–water partition coefficient (Wildman–Crippen LogP) is 1.10. The molecule has 0 atom stereocenters. The van der Waals surface area contributed by atoms with E-state index in [1.54, 1.807) is 6.07 Å². The maximum atomic E-state index is 11.1. The third-order valence-corrected chi connectivity index (χ3v) is 2.79. The molecule has 0 radical (unpaired) electrons. The number of aromatic nitrogens is 3. The number of benzene rings is 1. The Labute approximate surface area is 108 Å². The number of fused-ring (bicyclic) bond motifs is 1. The van der Waals surface area contributed by atoms with Crippen LogP contribution in [0.1, 0.15) is 10.5 Å². The number of hydrogen-bond acceptors (Lipinski definition) is 4. The van der Waals surface area contributed by atoms with Crippen molar-refractivity contribution in [3.63, 3.8) is 0 Å². The second-order valence-corrected chi connectivity index (χ2v) is 4.10. The van der Waals surface area contributed by atoms with Crippen molar-refractivity contribution in [2.45, 2.75) is 0 Å². The molecule has 6 heteroatoms. The molecule has 6 nitrogen and oxygen atoms in total. The van der Waals surface area contributed by atoms with Crippen molar-refractivity contribution >= 4 is 22.5 Å². The Hall–Kier alpha value is -2.89. The summed E-state index contributed by atoms with van der Waals surface area (Å²) < 4.78 is 1.45. The number of nitrogens with two attached hydrogens (primary N) is 2. The third-order valence-electron chi connectivity index (χ3n) is 2.79. The quantitative estimate of drug-likeness (QED) is 0.714. The Kier molecular flexibility index (Phi) is 2.42. The van der Waals surface area contributed by atoms with Gasteiger partial charge in [0.05, 0.1) is 17.4 Å². The molecule has 1 amide bonds. The molecule has 0 spiro atoms. The maximum absolute atomic E-state index is 11.1. The molecule has 19 heavy (non-hydrogen) atoms. The fourth-order valence-corrected chi connectivity index (χ4v) is 1.88. The Morgan fingerprint density at radius 2 is 1.95 bits per heavy atom. The summed E-state index contributed by atoms with van der Waals surface area (Å²) in [7, 11) is 0. The number of carbonyl (C=O) groups excluding carboxylic acids is 1. The monoisotopic (exact) mass is 253 g/mol. The lowest BCUT2D eigenvalue weighted by Crippen LogP contribution is -2.14. The first-order valence-corrected chi connectivity index (χ1v) is 5.66. The van der Waals surface area contributed by atoms with Crippen LogP contribution in [0, 0.1) is 0 Å². The van der Waals surface area contributed by atoms with Gasteiger partial charge >= 0.3 is 0 Å². The number of para-hydroxylation sites is 1. The molecule has 2 aromatic heterocycles. The molecule has 4 N–H and O–H groups in total. The van der Waals surface area contributed by atoms with Gasteiger partial charge in [0.25, 0.3) is 5.91 Å². The SMILES string of the molecule is NC(=O)c1nn(-c2ccc3ccccc3n2)cc1N. The van der Waals surface area contributed by atoms with Gasteiger partial charge in [-0.15, -0.1) is 0 Å². The van der Waals surface area contributed by atoms with Crippen LogP contribution in [-0.2, 0) is 0 Å². The first kappa shape index (κ1) is 11.2. The van der Waals surface area contributed by atoms with Crippen LogP contribution in [0.3, 0.4) is 0 Å². The van der Waals surface area contributed by atoms with Crippen molar-refractivity contribution in [1.82, 2.24) is 14.8 Å². The minimum atomic E-state index is -0.656. The highest BCUT2D eigenvalue weighted by atomic mass is 16.1. The first-order valence-electron chi connectivity index (χ1n) is 5.66. The largest absolute Gasteiger partial charge is 0.396 e. The summed E-state index contributed by atoms with van der Waals surface area (Å²) >= 11 is 0. The van der Waals surface area contributed by atoms with Crippen LogP contribution in [-0.4, -0.2) is 20.7 Å². The smallest absolute Gasteiger partial charge is 0.271 e. The molecule has 94 valence electrons. The van der Waals surface area contributed by atoms with Gasteiger partial charge in [-0.1, -0.05) is 18.2 Å². The maximum Gasteiger partial charge on any atom is 0.271 e. The van der Waals surface area contributed by atoms with Crippen LogP contribution < -0.4 is 11.5 Å². The summed E-state index contributed by atoms with van der Waals surface area (Å²) in [6, 6.07) is 11.5. The Morgan fingerprint density at radius 3 is 2.68 bits per heavy atom. The zero-order valence-corrected chi connectivity index (χ0v) is 9.95. The highest BCUT2D eigenvalue weighted by Gasteiger charge is 2.12. The standard InChI is InChI=1S/C13H11N5O/c14-9-7-18(17-12(9)13(15)19)11-6-5-8-3-1-2-4-10(8)16-11/h1-7H,14H2,(H2,15,19). The molecule has 0 fully saturated rings. The molecule has 3 aromatic rings. The molecule has 0 bridgehead atoms.